The molecule has 0 amide bonds. The van der Waals surface area contributed by atoms with Crippen LogP contribution < -0.4 is 0 Å². The standard InChI is InChI=1S/C2H4Cl2.C2H6/c3-1-2-4;1-2/h1-2H2;1-2H3. The Balaban J connectivity index is 0. The molecule has 0 aliphatic carbocycles. The molecule has 6 heavy (non-hydrogen) atoms. The van der Waals surface area contributed by atoms with Gasteiger partial charge in [0.1, 0.15) is 0 Å². The summed E-state index contributed by atoms with van der Waals surface area (Å²) in [5.41, 5.74) is 0. The molecule has 0 aromatic heterocycles. The zero-order chi connectivity index (χ0) is 5.41. The van der Waals surface area contributed by atoms with Crippen molar-refractivity contribution in [3.8, 4) is 0 Å². The van der Waals surface area contributed by atoms with Crippen LogP contribution in [-0.2, 0) is 0 Å². The third kappa shape index (κ3) is 23.5. The molecule has 2 heteroatoms. The van der Waals surface area contributed by atoms with Crippen molar-refractivity contribution >= 4 is 23.2 Å². The van der Waals surface area contributed by atoms with Crippen molar-refractivity contribution in [2.24, 2.45) is 0 Å². The predicted molar refractivity (Wildman–Crippen MR) is 32.8 cm³/mol. The molecule has 0 aliphatic rings. The minimum Gasteiger partial charge on any atom is -0.125 e. The maximum Gasteiger partial charge on any atom is 0.0359 e. The molecule has 0 nitrogen and oxygen atoms in total. The summed E-state index contributed by atoms with van der Waals surface area (Å²) in [6.07, 6.45) is 0. The lowest BCUT2D eigenvalue weighted by Gasteiger charge is -1.63. The first-order valence-electron chi connectivity index (χ1n) is 2.03. The van der Waals surface area contributed by atoms with E-state index in [4.69, 9.17) is 23.2 Å². The summed E-state index contributed by atoms with van der Waals surface area (Å²) in [6.45, 7) is 4.00. The Hall–Kier alpha value is 0.580. The van der Waals surface area contributed by atoms with E-state index in [1.165, 1.54) is 0 Å². The van der Waals surface area contributed by atoms with Crippen LogP contribution in [0.25, 0.3) is 0 Å². The molecule has 0 rings (SSSR count). The second kappa shape index (κ2) is 17.6. The molecule has 0 fully saturated rings. The number of hydrogen-bond donors (Lipinski definition) is 0. The molecule has 40 valence electrons. The van der Waals surface area contributed by atoms with Crippen LogP contribution in [0.5, 0.6) is 0 Å². The highest BCUT2D eigenvalue weighted by atomic mass is 35.5. The van der Waals surface area contributed by atoms with E-state index >= 15 is 0 Å². The van der Waals surface area contributed by atoms with E-state index in [1.54, 1.807) is 0 Å². The van der Waals surface area contributed by atoms with Crippen LogP contribution in [-0.4, -0.2) is 11.8 Å². The smallest absolute Gasteiger partial charge is 0.0359 e. The first-order valence-corrected chi connectivity index (χ1v) is 3.10. The lowest BCUT2D eigenvalue weighted by Crippen LogP contribution is -1.63. The Bertz CT molecular complexity index is 7.51. The van der Waals surface area contributed by atoms with Crippen molar-refractivity contribution in [2.45, 2.75) is 13.8 Å². The average molecular weight is 129 g/mol. The number of rotatable bonds is 1. The van der Waals surface area contributed by atoms with Gasteiger partial charge in [-0.3, -0.25) is 0 Å². The minimum absolute atomic E-state index is 0.557. The number of halogens is 2. The van der Waals surface area contributed by atoms with Gasteiger partial charge in [0, 0.05) is 11.8 Å². The summed E-state index contributed by atoms with van der Waals surface area (Å²) >= 11 is 10.1. The van der Waals surface area contributed by atoms with Gasteiger partial charge in [0.15, 0.2) is 0 Å². The van der Waals surface area contributed by atoms with Crippen molar-refractivity contribution in [1.82, 2.24) is 0 Å². The highest BCUT2D eigenvalue weighted by molar-refractivity contribution is 6.25. The highest BCUT2D eigenvalue weighted by Gasteiger charge is 1.61. The van der Waals surface area contributed by atoms with E-state index in [2.05, 4.69) is 0 Å². The first kappa shape index (κ1) is 9.77. The Morgan fingerprint density at radius 2 is 1.17 bits per heavy atom. The molecule has 0 saturated heterocycles. The van der Waals surface area contributed by atoms with E-state index in [9.17, 15) is 0 Å². The minimum atomic E-state index is 0.557. The zero-order valence-corrected chi connectivity index (χ0v) is 5.68. The Kier molecular flexibility index (Phi) is 28.6. The topological polar surface area (TPSA) is 0 Å². The van der Waals surface area contributed by atoms with Crippen molar-refractivity contribution in [3.63, 3.8) is 0 Å². The van der Waals surface area contributed by atoms with E-state index in [0.29, 0.717) is 11.8 Å². The van der Waals surface area contributed by atoms with Gasteiger partial charge in [-0.15, -0.1) is 23.2 Å². The normalized spacial score (nSPS) is 6.00. The molecular weight excluding hydrogens is 119 g/mol. The first-order chi connectivity index (χ1) is 2.91. The molecule has 0 aromatic rings. The summed E-state index contributed by atoms with van der Waals surface area (Å²) < 4.78 is 0. The zero-order valence-electron chi connectivity index (χ0n) is 4.17. The van der Waals surface area contributed by atoms with Crippen LogP contribution in [0.4, 0.5) is 0 Å². The molecule has 0 radical (unpaired) electrons. The van der Waals surface area contributed by atoms with Crippen LogP contribution in [0.3, 0.4) is 0 Å². The fourth-order valence-corrected chi connectivity index (χ4v) is 0. The lowest BCUT2D eigenvalue weighted by atomic mass is 11.0. The SMILES string of the molecule is CC.ClCCCl. The van der Waals surface area contributed by atoms with Crippen LogP contribution in [0.15, 0.2) is 0 Å². The largest absolute Gasteiger partial charge is 0.125 e. The van der Waals surface area contributed by atoms with E-state index in [0.717, 1.165) is 0 Å². The molecule has 0 bridgehead atoms. The Morgan fingerprint density at radius 1 is 1.00 bits per heavy atom. The second-order valence-electron chi connectivity index (χ2n) is 0.378. The third-order valence-corrected chi connectivity index (χ3v) is 0.643. The van der Waals surface area contributed by atoms with Gasteiger partial charge in [-0.2, -0.15) is 0 Å². The van der Waals surface area contributed by atoms with Crippen molar-refractivity contribution in [1.29, 1.82) is 0 Å². The highest BCUT2D eigenvalue weighted by Crippen LogP contribution is 1.75. The molecule has 0 saturated carbocycles. The molecule has 0 aliphatic heterocycles. The van der Waals surface area contributed by atoms with Gasteiger partial charge in [-0.25, -0.2) is 0 Å². The quantitative estimate of drug-likeness (QED) is 0.477. The summed E-state index contributed by atoms with van der Waals surface area (Å²) in [5.74, 6) is 1.11. The summed E-state index contributed by atoms with van der Waals surface area (Å²) in [4.78, 5) is 0. The van der Waals surface area contributed by atoms with Crippen molar-refractivity contribution in [3.05, 3.63) is 0 Å². The summed E-state index contributed by atoms with van der Waals surface area (Å²) in [6, 6.07) is 0. The van der Waals surface area contributed by atoms with Crippen molar-refractivity contribution in [2.75, 3.05) is 11.8 Å². The summed E-state index contributed by atoms with van der Waals surface area (Å²) in [7, 11) is 0. The fourth-order valence-electron chi connectivity index (χ4n) is 0. The number of alkyl halides is 2. The fraction of sp³-hybridized carbons (Fsp3) is 1.00. The molecule has 0 aromatic carbocycles. The number of hydrogen-bond acceptors (Lipinski definition) is 0. The molecular formula is C4H10Cl2. The van der Waals surface area contributed by atoms with Gasteiger partial charge in [0.25, 0.3) is 0 Å². The maximum absolute atomic E-state index is 5.05. The van der Waals surface area contributed by atoms with Gasteiger partial charge in [0.05, 0.1) is 0 Å². The Morgan fingerprint density at radius 3 is 1.17 bits per heavy atom. The van der Waals surface area contributed by atoms with E-state index in [-0.39, 0.29) is 0 Å². The molecule has 0 atom stereocenters. The van der Waals surface area contributed by atoms with Crippen LogP contribution in [0.1, 0.15) is 13.8 Å². The van der Waals surface area contributed by atoms with Crippen LogP contribution in [0, 0.1) is 0 Å². The van der Waals surface area contributed by atoms with Gasteiger partial charge >= 0.3 is 0 Å². The molecule has 0 N–H and O–H groups in total. The van der Waals surface area contributed by atoms with Crippen molar-refractivity contribution < 1.29 is 0 Å². The van der Waals surface area contributed by atoms with E-state index in [1.807, 2.05) is 13.8 Å². The molecule has 0 spiro atoms. The third-order valence-electron chi connectivity index (χ3n) is 0.0714. The van der Waals surface area contributed by atoms with E-state index < -0.39 is 0 Å². The maximum atomic E-state index is 5.05. The van der Waals surface area contributed by atoms with Crippen LogP contribution >= 0.6 is 23.2 Å². The van der Waals surface area contributed by atoms with Gasteiger partial charge in [-0.05, 0) is 0 Å². The monoisotopic (exact) mass is 128 g/mol. The summed E-state index contributed by atoms with van der Waals surface area (Å²) in [5, 5.41) is 0. The van der Waals surface area contributed by atoms with Crippen LogP contribution in [0.2, 0.25) is 0 Å². The molecule has 0 heterocycles. The molecule has 0 unspecified atom stereocenters. The lowest BCUT2D eigenvalue weighted by molar-refractivity contribution is 1.50. The average Bonchev–Trinajstić information content (AvgIpc) is 1.72. The Labute approximate surface area is 49.4 Å². The van der Waals surface area contributed by atoms with Gasteiger partial charge in [-0.1, -0.05) is 13.8 Å². The second-order valence-corrected chi connectivity index (χ2v) is 1.13. The van der Waals surface area contributed by atoms with Gasteiger partial charge in [0.2, 0.25) is 0 Å². The predicted octanol–water partition coefficient (Wildman–Crippen LogP) is 2.49. The van der Waals surface area contributed by atoms with Gasteiger partial charge < -0.3 is 0 Å².